The highest BCUT2D eigenvalue weighted by Crippen LogP contribution is 2.28. The first-order chi connectivity index (χ1) is 8.61. The van der Waals surface area contributed by atoms with Gasteiger partial charge in [-0.25, -0.2) is 9.97 Å². The minimum Gasteiger partial charge on any atom is -0.369 e. The molecule has 18 heavy (non-hydrogen) atoms. The third-order valence-corrected chi connectivity index (χ3v) is 4.94. The number of hydrogen-bond acceptors (Lipinski definition) is 3. The van der Waals surface area contributed by atoms with Crippen LogP contribution in [0.1, 0.15) is 6.92 Å². The van der Waals surface area contributed by atoms with E-state index in [1.807, 2.05) is 31.3 Å². The molecule has 2 rings (SSSR count). The van der Waals surface area contributed by atoms with Crippen LogP contribution in [0.15, 0.2) is 33.3 Å². The second-order valence-electron chi connectivity index (χ2n) is 3.55. The van der Waals surface area contributed by atoms with Gasteiger partial charge < -0.3 is 5.32 Å². The molecule has 0 saturated carbocycles. The Balaban J connectivity index is 2.44. The summed E-state index contributed by atoms with van der Waals surface area (Å²) in [5, 5.41) is 3.23. The minimum atomic E-state index is 0.722. The van der Waals surface area contributed by atoms with Gasteiger partial charge in [-0.05, 0) is 79.6 Å². The van der Waals surface area contributed by atoms with Gasteiger partial charge in [0, 0.05) is 27.3 Å². The quantitative estimate of drug-likeness (QED) is 0.644. The summed E-state index contributed by atoms with van der Waals surface area (Å²) >= 11 is 9.17. The monoisotopic (exact) mass is 481 g/mol. The van der Waals surface area contributed by atoms with E-state index in [4.69, 9.17) is 0 Å². The standard InChI is InChI=1S/C12H10Br2IN3/c1-2-16-12-10(15)6-17-11(18-12)7-3-4-8(13)9(14)5-7/h3-6H,2H2,1H3,(H,16,17,18). The Bertz CT molecular complexity index is 575. The van der Waals surface area contributed by atoms with E-state index in [0.29, 0.717) is 0 Å². The third-order valence-electron chi connectivity index (χ3n) is 2.27. The van der Waals surface area contributed by atoms with Gasteiger partial charge in [0.2, 0.25) is 0 Å². The van der Waals surface area contributed by atoms with Crippen LogP contribution in [0.5, 0.6) is 0 Å². The van der Waals surface area contributed by atoms with Crippen LogP contribution in [0, 0.1) is 3.57 Å². The van der Waals surface area contributed by atoms with Crippen molar-refractivity contribution in [2.45, 2.75) is 6.92 Å². The molecular formula is C12H10Br2IN3. The lowest BCUT2D eigenvalue weighted by Gasteiger charge is -2.08. The molecule has 0 spiro atoms. The highest BCUT2D eigenvalue weighted by molar-refractivity contribution is 14.1. The van der Waals surface area contributed by atoms with E-state index in [-0.39, 0.29) is 0 Å². The topological polar surface area (TPSA) is 37.8 Å². The van der Waals surface area contributed by atoms with Gasteiger partial charge in [0.05, 0.1) is 3.57 Å². The zero-order valence-corrected chi connectivity index (χ0v) is 14.9. The van der Waals surface area contributed by atoms with E-state index >= 15 is 0 Å². The Morgan fingerprint density at radius 3 is 2.72 bits per heavy atom. The predicted octanol–water partition coefficient (Wildman–Crippen LogP) is 4.71. The summed E-state index contributed by atoms with van der Waals surface area (Å²) in [5.74, 6) is 1.60. The number of nitrogens with zero attached hydrogens (tertiary/aromatic N) is 2. The van der Waals surface area contributed by atoms with Gasteiger partial charge in [0.15, 0.2) is 5.82 Å². The normalized spacial score (nSPS) is 10.4. The first kappa shape index (κ1) is 14.2. The number of anilines is 1. The summed E-state index contributed by atoms with van der Waals surface area (Å²) in [6, 6.07) is 5.97. The second-order valence-corrected chi connectivity index (χ2v) is 6.42. The SMILES string of the molecule is CCNc1nc(-c2ccc(Br)c(Br)c2)ncc1I. The molecule has 6 heteroatoms. The van der Waals surface area contributed by atoms with E-state index in [9.17, 15) is 0 Å². The first-order valence-corrected chi connectivity index (χ1v) is 8.00. The fourth-order valence-electron chi connectivity index (χ4n) is 1.43. The largest absolute Gasteiger partial charge is 0.369 e. The Kier molecular flexibility index (Phi) is 4.97. The van der Waals surface area contributed by atoms with Crippen molar-refractivity contribution < 1.29 is 0 Å². The Morgan fingerprint density at radius 2 is 2.06 bits per heavy atom. The van der Waals surface area contributed by atoms with Gasteiger partial charge in [-0.2, -0.15) is 0 Å². The van der Waals surface area contributed by atoms with E-state index in [2.05, 4.69) is 69.7 Å². The van der Waals surface area contributed by atoms with Crippen LogP contribution >= 0.6 is 54.5 Å². The number of benzene rings is 1. The van der Waals surface area contributed by atoms with Gasteiger partial charge in [0.25, 0.3) is 0 Å². The van der Waals surface area contributed by atoms with Crippen LogP contribution in [0.3, 0.4) is 0 Å². The van der Waals surface area contributed by atoms with Gasteiger partial charge in [-0.15, -0.1) is 0 Å². The molecule has 0 aliphatic rings. The van der Waals surface area contributed by atoms with Gasteiger partial charge >= 0.3 is 0 Å². The predicted molar refractivity (Wildman–Crippen MR) is 89.7 cm³/mol. The molecule has 0 fully saturated rings. The molecule has 0 unspecified atom stereocenters. The molecule has 94 valence electrons. The molecule has 0 bridgehead atoms. The van der Waals surface area contributed by atoms with Crippen molar-refractivity contribution in [2.24, 2.45) is 0 Å². The van der Waals surface area contributed by atoms with Crippen molar-refractivity contribution in [3.8, 4) is 11.4 Å². The zero-order chi connectivity index (χ0) is 13.1. The Labute approximate surface area is 136 Å². The third kappa shape index (κ3) is 3.21. The van der Waals surface area contributed by atoms with E-state index in [1.54, 1.807) is 0 Å². The maximum Gasteiger partial charge on any atom is 0.161 e. The molecule has 1 heterocycles. The van der Waals surface area contributed by atoms with Gasteiger partial charge in [-0.1, -0.05) is 0 Å². The Hall–Kier alpha value is -0.210. The van der Waals surface area contributed by atoms with E-state index in [0.717, 1.165) is 36.3 Å². The highest BCUT2D eigenvalue weighted by Gasteiger charge is 2.07. The molecule has 1 aromatic heterocycles. The van der Waals surface area contributed by atoms with Crippen molar-refractivity contribution in [1.29, 1.82) is 0 Å². The van der Waals surface area contributed by atoms with Crippen molar-refractivity contribution in [3.05, 3.63) is 36.9 Å². The average Bonchev–Trinajstić information content (AvgIpc) is 2.36. The average molecular weight is 483 g/mol. The number of halogens is 3. The molecule has 3 nitrogen and oxygen atoms in total. The van der Waals surface area contributed by atoms with Crippen molar-refractivity contribution in [1.82, 2.24) is 9.97 Å². The zero-order valence-electron chi connectivity index (χ0n) is 9.54. The number of rotatable bonds is 3. The molecular weight excluding hydrogens is 473 g/mol. The molecule has 1 aromatic carbocycles. The fourth-order valence-corrected chi connectivity index (χ4v) is 2.51. The molecule has 1 N–H and O–H groups in total. The summed E-state index contributed by atoms with van der Waals surface area (Å²) in [6.45, 7) is 2.89. The molecule has 0 amide bonds. The van der Waals surface area contributed by atoms with Crippen molar-refractivity contribution in [3.63, 3.8) is 0 Å². The van der Waals surface area contributed by atoms with Gasteiger partial charge in [0.1, 0.15) is 5.82 Å². The van der Waals surface area contributed by atoms with Crippen molar-refractivity contribution >= 4 is 60.3 Å². The molecule has 0 radical (unpaired) electrons. The molecule has 0 aliphatic carbocycles. The summed E-state index contributed by atoms with van der Waals surface area (Å²) in [7, 11) is 0. The van der Waals surface area contributed by atoms with Gasteiger partial charge in [-0.3, -0.25) is 0 Å². The summed E-state index contributed by atoms with van der Waals surface area (Å²) in [6.07, 6.45) is 1.83. The van der Waals surface area contributed by atoms with Crippen LogP contribution in [0.2, 0.25) is 0 Å². The molecule has 0 aliphatic heterocycles. The number of nitrogens with one attached hydrogen (secondary N) is 1. The lowest BCUT2D eigenvalue weighted by Crippen LogP contribution is -2.03. The summed E-state index contributed by atoms with van der Waals surface area (Å²) in [4.78, 5) is 8.90. The smallest absolute Gasteiger partial charge is 0.161 e. The highest BCUT2D eigenvalue weighted by atomic mass is 127. The fraction of sp³-hybridized carbons (Fsp3) is 0.167. The van der Waals surface area contributed by atoms with Crippen molar-refractivity contribution in [2.75, 3.05) is 11.9 Å². The van der Waals surface area contributed by atoms with Crippen LogP contribution in [-0.4, -0.2) is 16.5 Å². The van der Waals surface area contributed by atoms with E-state index < -0.39 is 0 Å². The van der Waals surface area contributed by atoms with Crippen LogP contribution in [0.25, 0.3) is 11.4 Å². The summed E-state index contributed by atoms with van der Waals surface area (Å²) in [5.41, 5.74) is 0.987. The van der Waals surface area contributed by atoms with Crippen LogP contribution < -0.4 is 5.32 Å². The molecule has 0 atom stereocenters. The number of hydrogen-bond donors (Lipinski definition) is 1. The van der Waals surface area contributed by atoms with Crippen LogP contribution in [0.4, 0.5) is 5.82 Å². The van der Waals surface area contributed by atoms with E-state index in [1.165, 1.54) is 0 Å². The molecule has 2 aromatic rings. The maximum absolute atomic E-state index is 4.54. The lowest BCUT2D eigenvalue weighted by molar-refractivity contribution is 1.10. The summed E-state index contributed by atoms with van der Waals surface area (Å²) < 4.78 is 3.03. The van der Waals surface area contributed by atoms with Crippen LogP contribution in [-0.2, 0) is 0 Å². The first-order valence-electron chi connectivity index (χ1n) is 5.33. The lowest BCUT2D eigenvalue weighted by atomic mass is 10.2. The maximum atomic E-state index is 4.54. The minimum absolute atomic E-state index is 0.722. The second kappa shape index (κ2) is 6.29. The Morgan fingerprint density at radius 1 is 1.28 bits per heavy atom. The number of aromatic nitrogens is 2. The molecule has 0 saturated heterocycles.